The van der Waals surface area contributed by atoms with Crippen molar-refractivity contribution in [2.75, 3.05) is 18.5 Å². The first kappa shape index (κ1) is 13.5. The Hall–Kier alpha value is -1.94. The first-order valence-electron chi connectivity index (χ1n) is 6.46. The molecule has 2 rings (SSSR count). The van der Waals surface area contributed by atoms with E-state index in [0.29, 0.717) is 6.54 Å². The van der Waals surface area contributed by atoms with E-state index in [-0.39, 0.29) is 0 Å². The molecule has 2 N–H and O–H groups in total. The number of rotatable bonds is 5. The first-order valence-corrected chi connectivity index (χ1v) is 6.46. The van der Waals surface area contributed by atoms with Crippen molar-refractivity contribution in [1.82, 2.24) is 9.97 Å². The van der Waals surface area contributed by atoms with E-state index in [1.54, 1.807) is 0 Å². The number of aryl methyl sites for hydroxylation is 1. The lowest BCUT2D eigenvalue weighted by atomic mass is 10.1. The van der Waals surface area contributed by atoms with Gasteiger partial charge in [-0.1, -0.05) is 0 Å². The first-order chi connectivity index (χ1) is 9.20. The van der Waals surface area contributed by atoms with Crippen molar-refractivity contribution in [2.24, 2.45) is 5.73 Å². The van der Waals surface area contributed by atoms with Crippen LogP contribution in [0.1, 0.15) is 16.8 Å². The van der Waals surface area contributed by atoms with Gasteiger partial charge >= 0.3 is 0 Å². The highest BCUT2D eigenvalue weighted by Gasteiger charge is 2.07. The van der Waals surface area contributed by atoms with Crippen molar-refractivity contribution in [3.8, 4) is 0 Å². The summed E-state index contributed by atoms with van der Waals surface area (Å²) in [7, 11) is 2.09. The zero-order valence-corrected chi connectivity index (χ0v) is 11.5. The molecule has 0 unspecified atom stereocenters. The lowest BCUT2D eigenvalue weighted by Gasteiger charge is -2.22. The molecule has 4 heteroatoms. The SMILES string of the molecule is Cc1cc(N(C)CCc2ccncc2)c(CN)cn1. The van der Waals surface area contributed by atoms with Crippen molar-refractivity contribution in [1.29, 1.82) is 0 Å². The van der Waals surface area contributed by atoms with Crippen LogP contribution in [0.3, 0.4) is 0 Å². The summed E-state index contributed by atoms with van der Waals surface area (Å²) >= 11 is 0. The summed E-state index contributed by atoms with van der Waals surface area (Å²) in [6, 6.07) is 6.19. The Balaban J connectivity index is 2.07. The molecule has 0 radical (unpaired) electrons. The minimum atomic E-state index is 0.516. The van der Waals surface area contributed by atoms with Gasteiger partial charge in [-0.15, -0.1) is 0 Å². The second-order valence-corrected chi connectivity index (χ2v) is 4.69. The van der Waals surface area contributed by atoms with Crippen LogP contribution in [0.4, 0.5) is 5.69 Å². The molecule has 0 aromatic carbocycles. The van der Waals surface area contributed by atoms with E-state index in [9.17, 15) is 0 Å². The van der Waals surface area contributed by atoms with Gasteiger partial charge in [0.1, 0.15) is 0 Å². The third kappa shape index (κ3) is 3.51. The molecule has 0 amide bonds. The van der Waals surface area contributed by atoms with Crippen LogP contribution in [0, 0.1) is 6.92 Å². The second-order valence-electron chi connectivity index (χ2n) is 4.69. The fourth-order valence-corrected chi connectivity index (χ4v) is 2.05. The Labute approximate surface area is 114 Å². The molecule has 0 bridgehead atoms. The third-order valence-electron chi connectivity index (χ3n) is 3.22. The Morgan fingerprint density at radius 2 is 2.00 bits per heavy atom. The fraction of sp³-hybridized carbons (Fsp3) is 0.333. The van der Waals surface area contributed by atoms with Crippen LogP contribution in [0.15, 0.2) is 36.8 Å². The van der Waals surface area contributed by atoms with Gasteiger partial charge in [-0.2, -0.15) is 0 Å². The highest BCUT2D eigenvalue weighted by atomic mass is 15.1. The zero-order valence-electron chi connectivity index (χ0n) is 11.5. The predicted octanol–water partition coefficient (Wildman–Crippen LogP) is 1.92. The molecule has 0 aliphatic heterocycles. The van der Waals surface area contributed by atoms with Crippen molar-refractivity contribution in [3.63, 3.8) is 0 Å². The fourth-order valence-electron chi connectivity index (χ4n) is 2.05. The van der Waals surface area contributed by atoms with Crippen molar-refractivity contribution in [3.05, 3.63) is 53.6 Å². The summed E-state index contributed by atoms with van der Waals surface area (Å²) < 4.78 is 0. The van der Waals surface area contributed by atoms with Gasteiger partial charge in [0.15, 0.2) is 0 Å². The maximum atomic E-state index is 5.77. The quantitative estimate of drug-likeness (QED) is 0.888. The van der Waals surface area contributed by atoms with Gasteiger partial charge in [0.2, 0.25) is 0 Å². The van der Waals surface area contributed by atoms with Gasteiger partial charge in [-0.25, -0.2) is 0 Å². The van der Waals surface area contributed by atoms with Crippen LogP contribution >= 0.6 is 0 Å². The summed E-state index contributed by atoms with van der Waals surface area (Å²) in [5.74, 6) is 0. The molecule has 19 heavy (non-hydrogen) atoms. The van der Waals surface area contributed by atoms with E-state index >= 15 is 0 Å². The minimum Gasteiger partial charge on any atom is -0.374 e. The molecule has 0 saturated carbocycles. The lowest BCUT2D eigenvalue weighted by Crippen LogP contribution is -2.22. The van der Waals surface area contributed by atoms with E-state index in [2.05, 4.69) is 40.1 Å². The molecule has 2 heterocycles. The predicted molar refractivity (Wildman–Crippen MR) is 78.1 cm³/mol. The van der Waals surface area contributed by atoms with Crippen LogP contribution in [0.25, 0.3) is 0 Å². The summed E-state index contributed by atoms with van der Waals surface area (Å²) in [4.78, 5) is 10.6. The molecular weight excluding hydrogens is 236 g/mol. The van der Waals surface area contributed by atoms with Crippen LogP contribution in [0.2, 0.25) is 0 Å². The Kier molecular flexibility index (Phi) is 4.47. The van der Waals surface area contributed by atoms with Gasteiger partial charge in [0, 0.05) is 55.7 Å². The van der Waals surface area contributed by atoms with Gasteiger partial charge < -0.3 is 10.6 Å². The van der Waals surface area contributed by atoms with E-state index in [1.807, 2.05) is 25.5 Å². The highest BCUT2D eigenvalue weighted by Crippen LogP contribution is 2.19. The third-order valence-corrected chi connectivity index (χ3v) is 3.22. The molecule has 0 atom stereocenters. The summed E-state index contributed by atoms with van der Waals surface area (Å²) in [5.41, 5.74) is 10.3. The number of nitrogens with zero attached hydrogens (tertiary/aromatic N) is 3. The molecule has 0 fully saturated rings. The number of pyridine rings is 2. The summed E-state index contributed by atoms with van der Waals surface area (Å²) in [6.07, 6.45) is 6.52. The van der Waals surface area contributed by atoms with E-state index in [4.69, 9.17) is 5.73 Å². The van der Waals surface area contributed by atoms with Crippen molar-refractivity contribution >= 4 is 5.69 Å². The van der Waals surface area contributed by atoms with Gasteiger partial charge in [0.25, 0.3) is 0 Å². The average Bonchev–Trinajstić information content (AvgIpc) is 2.46. The Morgan fingerprint density at radius 1 is 1.26 bits per heavy atom. The molecule has 2 aromatic rings. The smallest absolute Gasteiger partial charge is 0.0442 e. The number of hydrogen-bond donors (Lipinski definition) is 1. The number of nitrogens with two attached hydrogens (primary N) is 1. The van der Waals surface area contributed by atoms with E-state index in [0.717, 1.165) is 24.2 Å². The lowest BCUT2D eigenvalue weighted by molar-refractivity contribution is 0.859. The van der Waals surface area contributed by atoms with E-state index < -0.39 is 0 Å². The standard InChI is InChI=1S/C15H20N4/c1-12-9-15(14(10-16)11-18-12)19(2)8-5-13-3-6-17-7-4-13/h3-4,6-7,9,11H,5,8,10,16H2,1-2H3. The average molecular weight is 256 g/mol. The molecular formula is C15H20N4. The van der Waals surface area contributed by atoms with Gasteiger partial charge in [-0.05, 0) is 37.1 Å². The van der Waals surface area contributed by atoms with Crippen LogP contribution < -0.4 is 10.6 Å². The summed E-state index contributed by atoms with van der Waals surface area (Å²) in [6.45, 7) is 3.46. The van der Waals surface area contributed by atoms with Gasteiger partial charge in [-0.3, -0.25) is 9.97 Å². The summed E-state index contributed by atoms with van der Waals surface area (Å²) in [5, 5.41) is 0. The molecule has 0 saturated heterocycles. The molecule has 0 aliphatic carbocycles. The van der Waals surface area contributed by atoms with Crippen molar-refractivity contribution < 1.29 is 0 Å². The molecule has 0 aliphatic rings. The number of anilines is 1. The largest absolute Gasteiger partial charge is 0.374 e. The normalized spacial score (nSPS) is 10.5. The van der Waals surface area contributed by atoms with Crippen LogP contribution in [-0.2, 0) is 13.0 Å². The molecule has 2 aromatic heterocycles. The monoisotopic (exact) mass is 256 g/mol. The second kappa shape index (κ2) is 6.29. The molecule has 100 valence electrons. The Bertz CT molecular complexity index is 525. The number of aromatic nitrogens is 2. The maximum Gasteiger partial charge on any atom is 0.0442 e. The topological polar surface area (TPSA) is 55.0 Å². The van der Waals surface area contributed by atoms with E-state index in [1.165, 1.54) is 11.3 Å². The highest BCUT2D eigenvalue weighted by molar-refractivity contribution is 5.53. The van der Waals surface area contributed by atoms with Crippen LogP contribution in [0.5, 0.6) is 0 Å². The van der Waals surface area contributed by atoms with Gasteiger partial charge in [0.05, 0.1) is 0 Å². The molecule has 0 spiro atoms. The zero-order chi connectivity index (χ0) is 13.7. The number of hydrogen-bond acceptors (Lipinski definition) is 4. The van der Waals surface area contributed by atoms with Crippen molar-refractivity contribution in [2.45, 2.75) is 19.9 Å². The molecule has 4 nitrogen and oxygen atoms in total. The minimum absolute atomic E-state index is 0.516. The van der Waals surface area contributed by atoms with Crippen LogP contribution in [-0.4, -0.2) is 23.6 Å². The maximum absolute atomic E-state index is 5.77. The number of likely N-dealkylation sites (N-methyl/N-ethyl adjacent to an activating group) is 1. The Morgan fingerprint density at radius 3 is 2.68 bits per heavy atom.